The van der Waals surface area contributed by atoms with Crippen molar-refractivity contribution in [2.45, 2.75) is 38.5 Å². The number of aliphatic imine (C=N–C) groups is 1. The van der Waals surface area contributed by atoms with E-state index in [0.717, 1.165) is 15.4 Å². The van der Waals surface area contributed by atoms with Crippen molar-refractivity contribution >= 4 is 29.0 Å². The highest BCUT2D eigenvalue weighted by atomic mass is 32.1. The molecule has 0 radical (unpaired) electrons. The Labute approximate surface area is 167 Å². The number of anilines is 1. The Bertz CT molecular complexity index is 899. The number of fused-ring (bicyclic) bond motifs is 1. The Hall–Kier alpha value is -2.52. The molecule has 0 aliphatic carbocycles. The minimum atomic E-state index is -0.493. The fraction of sp³-hybridized carbons (Fsp3) is 0.474. The fourth-order valence-electron chi connectivity index (χ4n) is 3.61. The molecule has 8 nitrogen and oxygen atoms in total. The third-order valence-electron chi connectivity index (χ3n) is 5.15. The van der Waals surface area contributed by atoms with Gasteiger partial charge in [0.25, 0.3) is 5.91 Å². The lowest BCUT2D eigenvalue weighted by Crippen LogP contribution is -2.48. The van der Waals surface area contributed by atoms with Crippen molar-refractivity contribution in [3.05, 3.63) is 40.0 Å². The van der Waals surface area contributed by atoms with Crippen molar-refractivity contribution in [1.82, 2.24) is 19.8 Å². The Morgan fingerprint density at radius 1 is 1.50 bits per heavy atom. The van der Waals surface area contributed by atoms with E-state index in [1.54, 1.807) is 17.3 Å². The molecular formula is C19H24N6O2S. The van der Waals surface area contributed by atoms with Gasteiger partial charge in [-0.3, -0.25) is 9.78 Å². The summed E-state index contributed by atoms with van der Waals surface area (Å²) >= 11 is 1.52. The standard InChI is InChI=1S/C19H24N6O2S/c1-11(13-5-4-7-20-9-13)21-19-23-17-16(28-12(2)22-17)15(24(19)3)18(27)25-8-6-14(26)10-25/h4-5,7,9,11,14-15,26H,6,8,10H2,1-3H3,(H,21,23). The summed E-state index contributed by atoms with van der Waals surface area (Å²) in [6.07, 6.45) is 3.70. The summed E-state index contributed by atoms with van der Waals surface area (Å²) in [5.74, 6) is 1.27. The average Bonchev–Trinajstić information content (AvgIpc) is 3.27. The van der Waals surface area contributed by atoms with E-state index in [1.807, 2.05) is 37.9 Å². The summed E-state index contributed by atoms with van der Waals surface area (Å²) in [7, 11) is 1.87. The zero-order chi connectivity index (χ0) is 19.8. The molecule has 0 aromatic carbocycles. The van der Waals surface area contributed by atoms with Crippen molar-refractivity contribution < 1.29 is 9.90 Å². The van der Waals surface area contributed by atoms with E-state index in [0.29, 0.717) is 31.3 Å². The Kier molecular flexibility index (Phi) is 5.03. The number of aliphatic hydroxyl groups is 1. The topological polar surface area (TPSA) is 94.0 Å². The van der Waals surface area contributed by atoms with Crippen LogP contribution in [0.5, 0.6) is 0 Å². The van der Waals surface area contributed by atoms with Gasteiger partial charge in [-0.05, 0) is 31.9 Å². The summed E-state index contributed by atoms with van der Waals surface area (Å²) in [5, 5.41) is 14.0. The Morgan fingerprint density at radius 2 is 2.32 bits per heavy atom. The molecule has 1 amide bonds. The molecule has 0 bridgehead atoms. The van der Waals surface area contributed by atoms with Gasteiger partial charge < -0.3 is 20.2 Å². The summed E-state index contributed by atoms with van der Waals surface area (Å²) in [6, 6.07) is 3.26. The number of hydrogen-bond acceptors (Lipinski definition) is 6. The number of amides is 1. The van der Waals surface area contributed by atoms with E-state index in [9.17, 15) is 9.90 Å². The van der Waals surface area contributed by atoms with Gasteiger partial charge in [0.15, 0.2) is 0 Å². The lowest BCUT2D eigenvalue weighted by Gasteiger charge is -2.36. The van der Waals surface area contributed by atoms with E-state index in [2.05, 4.69) is 15.3 Å². The zero-order valence-electron chi connectivity index (χ0n) is 16.2. The SMILES string of the molecule is Cc1nc2c(s1)C(C(=O)N1CCC(O)C1)N(C)C(=NC(C)c1cccnc1)N2. The highest BCUT2D eigenvalue weighted by molar-refractivity contribution is 7.12. The molecule has 4 heterocycles. The van der Waals surface area contributed by atoms with Crippen LogP contribution in [0.3, 0.4) is 0 Å². The number of likely N-dealkylation sites (tertiary alicyclic amines) is 1. The molecule has 2 N–H and O–H groups in total. The van der Waals surface area contributed by atoms with Crippen LogP contribution in [0, 0.1) is 6.92 Å². The number of thiazole rings is 1. The molecule has 0 spiro atoms. The average molecular weight is 401 g/mol. The van der Waals surface area contributed by atoms with Gasteiger partial charge in [-0.1, -0.05) is 6.07 Å². The van der Waals surface area contributed by atoms with Gasteiger partial charge in [0.2, 0.25) is 5.96 Å². The molecule has 1 fully saturated rings. The minimum absolute atomic E-state index is 0.0211. The predicted octanol–water partition coefficient (Wildman–Crippen LogP) is 1.96. The van der Waals surface area contributed by atoms with Crippen LogP contribution in [-0.4, -0.2) is 63.0 Å². The molecule has 2 aromatic heterocycles. The quantitative estimate of drug-likeness (QED) is 0.818. The number of guanidine groups is 1. The highest BCUT2D eigenvalue weighted by Crippen LogP contribution is 2.38. The Morgan fingerprint density at radius 3 is 3.00 bits per heavy atom. The van der Waals surface area contributed by atoms with Crippen molar-refractivity contribution in [1.29, 1.82) is 0 Å². The molecule has 1 saturated heterocycles. The number of aryl methyl sites for hydroxylation is 1. The number of aromatic nitrogens is 2. The number of carbonyl (C=O) groups excluding carboxylic acids is 1. The van der Waals surface area contributed by atoms with Crippen LogP contribution in [0.1, 0.15) is 40.9 Å². The lowest BCUT2D eigenvalue weighted by atomic mass is 10.1. The molecule has 3 unspecified atom stereocenters. The van der Waals surface area contributed by atoms with Crippen molar-refractivity contribution in [3.63, 3.8) is 0 Å². The van der Waals surface area contributed by atoms with Gasteiger partial charge in [-0.2, -0.15) is 0 Å². The number of pyridine rings is 1. The molecule has 4 rings (SSSR count). The summed E-state index contributed by atoms with van der Waals surface area (Å²) in [5.41, 5.74) is 0.996. The smallest absolute Gasteiger partial charge is 0.251 e. The number of nitrogens with one attached hydrogen (secondary N) is 1. The highest BCUT2D eigenvalue weighted by Gasteiger charge is 2.40. The van der Waals surface area contributed by atoms with Crippen LogP contribution in [0.15, 0.2) is 29.5 Å². The van der Waals surface area contributed by atoms with Gasteiger partial charge in [0.05, 0.1) is 22.0 Å². The lowest BCUT2D eigenvalue weighted by molar-refractivity contribution is -0.134. The van der Waals surface area contributed by atoms with Gasteiger partial charge in [-0.25, -0.2) is 9.98 Å². The fourth-order valence-corrected chi connectivity index (χ4v) is 4.63. The molecule has 2 aromatic rings. The van der Waals surface area contributed by atoms with Crippen LogP contribution < -0.4 is 5.32 Å². The number of rotatable bonds is 3. The first-order valence-electron chi connectivity index (χ1n) is 9.35. The van der Waals surface area contributed by atoms with Crippen molar-refractivity contribution in [2.24, 2.45) is 4.99 Å². The van der Waals surface area contributed by atoms with E-state index in [1.165, 1.54) is 11.3 Å². The van der Waals surface area contributed by atoms with Crippen molar-refractivity contribution in [2.75, 3.05) is 25.5 Å². The van der Waals surface area contributed by atoms with Gasteiger partial charge >= 0.3 is 0 Å². The largest absolute Gasteiger partial charge is 0.391 e. The summed E-state index contributed by atoms with van der Waals surface area (Å²) in [4.78, 5) is 31.3. The Balaban J connectivity index is 1.67. The van der Waals surface area contributed by atoms with Gasteiger partial charge in [0.1, 0.15) is 11.9 Å². The van der Waals surface area contributed by atoms with E-state index >= 15 is 0 Å². The third-order valence-corrected chi connectivity index (χ3v) is 6.18. The van der Waals surface area contributed by atoms with E-state index in [-0.39, 0.29) is 11.9 Å². The second-order valence-electron chi connectivity index (χ2n) is 7.23. The minimum Gasteiger partial charge on any atom is -0.391 e. The molecule has 28 heavy (non-hydrogen) atoms. The van der Waals surface area contributed by atoms with Crippen LogP contribution >= 0.6 is 11.3 Å². The number of β-amino-alcohol motifs (C(OH)–C–C–N with tert-alkyl or cyclic N) is 1. The molecular weight excluding hydrogens is 376 g/mol. The molecule has 3 atom stereocenters. The van der Waals surface area contributed by atoms with Gasteiger partial charge in [0, 0.05) is 32.5 Å². The second-order valence-corrected chi connectivity index (χ2v) is 8.46. The van der Waals surface area contributed by atoms with Crippen LogP contribution in [0.2, 0.25) is 0 Å². The predicted molar refractivity (Wildman–Crippen MR) is 108 cm³/mol. The zero-order valence-corrected chi connectivity index (χ0v) is 17.0. The normalized spacial score (nSPS) is 24.2. The number of aliphatic hydroxyl groups excluding tert-OH is 1. The first kappa shape index (κ1) is 18.8. The molecule has 0 saturated carbocycles. The van der Waals surface area contributed by atoms with E-state index in [4.69, 9.17) is 4.99 Å². The first-order chi connectivity index (χ1) is 13.4. The third kappa shape index (κ3) is 3.47. The van der Waals surface area contributed by atoms with Crippen LogP contribution in [-0.2, 0) is 4.79 Å². The maximum Gasteiger partial charge on any atom is 0.251 e. The maximum atomic E-state index is 13.3. The number of likely N-dealkylation sites (N-methyl/N-ethyl adjacent to an activating group) is 1. The summed E-state index contributed by atoms with van der Waals surface area (Å²) < 4.78 is 0. The second kappa shape index (κ2) is 7.48. The molecule has 9 heteroatoms. The monoisotopic (exact) mass is 400 g/mol. The van der Waals surface area contributed by atoms with Crippen LogP contribution in [0.4, 0.5) is 5.82 Å². The molecule has 2 aliphatic rings. The number of nitrogens with zero attached hydrogens (tertiary/aromatic N) is 5. The molecule has 148 valence electrons. The number of carbonyl (C=O) groups is 1. The maximum absolute atomic E-state index is 13.3. The molecule has 2 aliphatic heterocycles. The van der Waals surface area contributed by atoms with Crippen LogP contribution in [0.25, 0.3) is 0 Å². The first-order valence-corrected chi connectivity index (χ1v) is 10.2. The summed E-state index contributed by atoms with van der Waals surface area (Å²) in [6.45, 7) is 4.88. The van der Waals surface area contributed by atoms with Crippen molar-refractivity contribution in [3.8, 4) is 0 Å². The van der Waals surface area contributed by atoms with Gasteiger partial charge in [-0.15, -0.1) is 11.3 Å². The van der Waals surface area contributed by atoms with E-state index < -0.39 is 12.1 Å². The number of hydrogen-bond donors (Lipinski definition) is 2.